The minimum absolute atomic E-state index is 0.114. The van der Waals surface area contributed by atoms with Gasteiger partial charge < -0.3 is 10.1 Å². The summed E-state index contributed by atoms with van der Waals surface area (Å²) in [6.45, 7) is 8.18. The highest BCUT2D eigenvalue weighted by atomic mass is 16.6. The van der Waals surface area contributed by atoms with E-state index in [1.165, 1.54) is 0 Å². The van der Waals surface area contributed by atoms with E-state index in [2.05, 4.69) is 19.2 Å². The molecule has 0 aromatic heterocycles. The van der Waals surface area contributed by atoms with Crippen LogP contribution in [0.2, 0.25) is 0 Å². The quantitative estimate of drug-likeness (QED) is 0.445. The van der Waals surface area contributed by atoms with Gasteiger partial charge in [0, 0.05) is 31.0 Å². The summed E-state index contributed by atoms with van der Waals surface area (Å²) in [6.07, 6.45) is 1.05. The maximum absolute atomic E-state index is 10.7. The number of benzene rings is 1. The van der Waals surface area contributed by atoms with Crippen molar-refractivity contribution < 1.29 is 9.66 Å². The van der Waals surface area contributed by atoms with Crippen LogP contribution in [0, 0.1) is 23.0 Å². The molecule has 0 aliphatic carbocycles. The summed E-state index contributed by atoms with van der Waals surface area (Å²) in [5, 5.41) is 13.9. The van der Waals surface area contributed by atoms with Gasteiger partial charge in [-0.25, -0.2) is 0 Å². The van der Waals surface area contributed by atoms with E-state index in [9.17, 15) is 10.1 Å². The lowest BCUT2D eigenvalue weighted by molar-refractivity contribution is -0.384. The third-order valence-corrected chi connectivity index (χ3v) is 2.69. The maximum atomic E-state index is 10.7. The van der Waals surface area contributed by atoms with Crippen LogP contribution in [0.3, 0.4) is 0 Å². The van der Waals surface area contributed by atoms with Crippen molar-refractivity contribution in [2.45, 2.75) is 27.2 Å². The Balaban J connectivity index is 2.35. The number of aryl methyl sites for hydroxylation is 1. The second-order valence-electron chi connectivity index (χ2n) is 5.04. The smallest absolute Gasteiger partial charge is 0.271 e. The number of rotatable bonds is 8. The number of hydrogen-bond acceptors (Lipinski definition) is 4. The lowest BCUT2D eigenvalue weighted by atomic mass is 10.1. The summed E-state index contributed by atoms with van der Waals surface area (Å²) in [4.78, 5) is 10.4. The largest absolute Gasteiger partial charge is 0.383 e. The van der Waals surface area contributed by atoms with Gasteiger partial charge in [-0.2, -0.15) is 0 Å². The van der Waals surface area contributed by atoms with Gasteiger partial charge in [0.05, 0.1) is 11.5 Å². The molecule has 0 spiro atoms. The first-order valence-corrected chi connectivity index (χ1v) is 6.56. The van der Waals surface area contributed by atoms with Gasteiger partial charge in [0.15, 0.2) is 0 Å². The molecule has 5 nitrogen and oxygen atoms in total. The number of non-ortho nitro benzene ring substituents is 1. The van der Waals surface area contributed by atoms with Crippen LogP contribution in [0.1, 0.15) is 25.8 Å². The molecule has 0 bridgehead atoms. The number of nitrogens with zero attached hydrogens (tertiary/aromatic N) is 1. The van der Waals surface area contributed by atoms with Gasteiger partial charge in [0.2, 0.25) is 0 Å². The molecule has 0 saturated carbocycles. The first-order chi connectivity index (χ1) is 8.99. The Morgan fingerprint density at radius 2 is 2.05 bits per heavy atom. The second-order valence-corrected chi connectivity index (χ2v) is 5.04. The predicted molar refractivity (Wildman–Crippen MR) is 76.6 cm³/mol. The summed E-state index contributed by atoms with van der Waals surface area (Å²) < 4.78 is 5.48. The first kappa shape index (κ1) is 15.4. The van der Waals surface area contributed by atoms with Crippen molar-refractivity contribution in [3.05, 3.63) is 33.9 Å². The van der Waals surface area contributed by atoms with Crippen LogP contribution in [0.5, 0.6) is 0 Å². The molecule has 0 aliphatic rings. The van der Waals surface area contributed by atoms with Crippen LogP contribution in [-0.2, 0) is 4.74 Å². The molecule has 5 heteroatoms. The number of anilines is 1. The number of nitro benzene ring substituents is 1. The molecule has 0 fully saturated rings. The van der Waals surface area contributed by atoms with Crippen molar-refractivity contribution in [3.63, 3.8) is 0 Å². The molecular formula is C14H22N2O3. The van der Waals surface area contributed by atoms with Crippen molar-refractivity contribution in [2.75, 3.05) is 25.1 Å². The van der Waals surface area contributed by atoms with Crippen molar-refractivity contribution >= 4 is 11.4 Å². The van der Waals surface area contributed by atoms with E-state index in [0.717, 1.165) is 24.3 Å². The van der Waals surface area contributed by atoms with Gasteiger partial charge in [-0.15, -0.1) is 0 Å². The van der Waals surface area contributed by atoms with Crippen LogP contribution in [0.15, 0.2) is 18.2 Å². The van der Waals surface area contributed by atoms with Gasteiger partial charge in [0.1, 0.15) is 0 Å². The Bertz CT molecular complexity index is 419. The number of hydrogen-bond donors (Lipinski definition) is 1. The first-order valence-electron chi connectivity index (χ1n) is 6.56. The fourth-order valence-electron chi connectivity index (χ4n) is 1.66. The van der Waals surface area contributed by atoms with Gasteiger partial charge in [-0.1, -0.05) is 13.8 Å². The molecule has 0 amide bonds. The second kappa shape index (κ2) is 7.74. The van der Waals surface area contributed by atoms with Crippen molar-refractivity contribution in [1.82, 2.24) is 0 Å². The molecule has 1 aromatic rings. The van der Waals surface area contributed by atoms with Crippen LogP contribution in [0.25, 0.3) is 0 Å². The Labute approximate surface area is 114 Å². The number of nitro groups is 1. The van der Waals surface area contributed by atoms with E-state index in [-0.39, 0.29) is 10.6 Å². The Morgan fingerprint density at radius 3 is 2.68 bits per heavy atom. The summed E-state index contributed by atoms with van der Waals surface area (Å²) in [7, 11) is 0. The molecule has 0 saturated heterocycles. The fourth-order valence-corrected chi connectivity index (χ4v) is 1.66. The number of ether oxygens (including phenoxy) is 1. The van der Waals surface area contributed by atoms with E-state index in [1.54, 1.807) is 12.1 Å². The molecule has 0 heterocycles. The Morgan fingerprint density at radius 1 is 1.32 bits per heavy atom. The third kappa shape index (κ3) is 6.20. The molecule has 1 rings (SSSR count). The monoisotopic (exact) mass is 266 g/mol. The van der Waals surface area contributed by atoms with E-state index in [1.807, 2.05) is 13.0 Å². The fraction of sp³-hybridized carbons (Fsp3) is 0.571. The van der Waals surface area contributed by atoms with E-state index < -0.39 is 0 Å². The topological polar surface area (TPSA) is 64.4 Å². The van der Waals surface area contributed by atoms with Gasteiger partial charge >= 0.3 is 0 Å². The third-order valence-electron chi connectivity index (χ3n) is 2.69. The number of nitrogens with one attached hydrogen (secondary N) is 1. The van der Waals surface area contributed by atoms with Gasteiger partial charge in [-0.3, -0.25) is 10.1 Å². The highest BCUT2D eigenvalue weighted by Crippen LogP contribution is 2.20. The predicted octanol–water partition coefficient (Wildman–Crippen LogP) is 3.38. The van der Waals surface area contributed by atoms with Crippen molar-refractivity contribution in [2.24, 2.45) is 5.92 Å². The van der Waals surface area contributed by atoms with Crippen LogP contribution < -0.4 is 5.32 Å². The molecule has 106 valence electrons. The lowest BCUT2D eigenvalue weighted by Gasteiger charge is -2.09. The lowest BCUT2D eigenvalue weighted by Crippen LogP contribution is -2.11. The van der Waals surface area contributed by atoms with E-state index >= 15 is 0 Å². The zero-order valence-corrected chi connectivity index (χ0v) is 11.8. The Kier molecular flexibility index (Phi) is 6.29. The highest BCUT2D eigenvalue weighted by Gasteiger charge is 2.07. The summed E-state index contributed by atoms with van der Waals surface area (Å²) >= 11 is 0. The van der Waals surface area contributed by atoms with E-state index in [0.29, 0.717) is 19.1 Å². The molecule has 19 heavy (non-hydrogen) atoms. The van der Waals surface area contributed by atoms with Gasteiger partial charge in [-0.05, 0) is 30.9 Å². The average Bonchev–Trinajstić information content (AvgIpc) is 2.32. The van der Waals surface area contributed by atoms with Crippen molar-refractivity contribution in [3.8, 4) is 0 Å². The van der Waals surface area contributed by atoms with Crippen LogP contribution >= 0.6 is 0 Å². The minimum Gasteiger partial charge on any atom is -0.383 e. The zero-order valence-electron chi connectivity index (χ0n) is 11.8. The molecule has 0 radical (unpaired) electrons. The highest BCUT2D eigenvalue weighted by molar-refractivity contribution is 5.53. The molecule has 1 N–H and O–H groups in total. The zero-order chi connectivity index (χ0) is 14.3. The van der Waals surface area contributed by atoms with Crippen LogP contribution in [0.4, 0.5) is 11.4 Å². The molecule has 0 aliphatic heterocycles. The standard InChI is InChI=1S/C14H22N2O3/c1-11(2)4-6-19-7-5-15-13-8-12(3)9-14(10-13)16(17)18/h8-11,15H,4-7H2,1-3H3. The molecular weight excluding hydrogens is 244 g/mol. The molecule has 0 unspecified atom stereocenters. The molecule has 0 atom stereocenters. The molecule has 1 aromatic carbocycles. The van der Waals surface area contributed by atoms with Crippen molar-refractivity contribution in [1.29, 1.82) is 0 Å². The average molecular weight is 266 g/mol. The van der Waals surface area contributed by atoms with E-state index in [4.69, 9.17) is 4.74 Å². The summed E-state index contributed by atoms with van der Waals surface area (Å²) in [5.74, 6) is 0.646. The van der Waals surface area contributed by atoms with Gasteiger partial charge in [0.25, 0.3) is 5.69 Å². The normalized spacial score (nSPS) is 10.7. The Hall–Kier alpha value is -1.62. The summed E-state index contributed by atoms with van der Waals surface area (Å²) in [5.41, 5.74) is 1.75. The SMILES string of the molecule is Cc1cc(NCCOCCC(C)C)cc([N+](=O)[O-])c1. The maximum Gasteiger partial charge on any atom is 0.271 e. The summed E-state index contributed by atoms with van der Waals surface area (Å²) in [6, 6.07) is 4.99. The van der Waals surface area contributed by atoms with Crippen LogP contribution in [-0.4, -0.2) is 24.7 Å². The minimum atomic E-state index is -0.378.